The average Bonchev–Trinajstić information content (AvgIpc) is 1.86. The van der Waals surface area contributed by atoms with Gasteiger partial charge in [-0.1, -0.05) is 0 Å². The fourth-order valence-corrected chi connectivity index (χ4v) is 3.12. The number of hydrogen-bond acceptors (Lipinski definition) is 2. The Morgan fingerprint density at radius 1 is 1.45 bits per heavy atom. The highest BCUT2D eigenvalue weighted by atomic mass is 31.2. The zero-order valence-corrected chi connectivity index (χ0v) is 8.60. The summed E-state index contributed by atoms with van der Waals surface area (Å²) in [6, 6.07) is 0. The molecule has 1 heterocycles. The summed E-state index contributed by atoms with van der Waals surface area (Å²) < 4.78 is 11.7. The van der Waals surface area contributed by atoms with Crippen molar-refractivity contribution in [3.8, 4) is 0 Å². The van der Waals surface area contributed by atoms with Crippen molar-refractivity contribution in [3.63, 3.8) is 0 Å². The normalized spacial score (nSPS) is 28.8. The van der Waals surface area contributed by atoms with Crippen molar-refractivity contribution in [1.29, 1.82) is 0 Å². The van der Waals surface area contributed by atoms with E-state index in [1.54, 1.807) is 0 Å². The maximum Gasteiger partial charge on any atom is 0.0860 e. The lowest BCUT2D eigenvalue weighted by molar-refractivity contribution is 0.278. The van der Waals surface area contributed by atoms with Crippen LogP contribution < -0.4 is 0 Å². The summed E-state index contributed by atoms with van der Waals surface area (Å²) in [7, 11) is 0.293. The van der Waals surface area contributed by atoms with E-state index >= 15 is 0 Å². The van der Waals surface area contributed by atoms with Crippen molar-refractivity contribution < 1.29 is 4.57 Å². The minimum atomic E-state index is -1.82. The summed E-state index contributed by atoms with van der Waals surface area (Å²) in [5.41, 5.74) is 0.459. The Morgan fingerprint density at radius 3 is 2.45 bits per heavy atom. The van der Waals surface area contributed by atoms with Gasteiger partial charge in [-0.15, -0.1) is 0 Å². The highest BCUT2D eigenvalue weighted by Gasteiger charge is 2.26. The zero-order chi connectivity index (χ0) is 8.48. The van der Waals surface area contributed by atoms with E-state index in [1.807, 2.05) is 13.3 Å². The highest BCUT2D eigenvalue weighted by molar-refractivity contribution is 7.63. The molecule has 3 heteroatoms. The number of likely N-dealkylation sites (tertiary alicyclic amines) is 1. The monoisotopic (exact) mass is 175 g/mol. The third-order valence-electron chi connectivity index (χ3n) is 2.48. The van der Waals surface area contributed by atoms with Gasteiger partial charge in [0.1, 0.15) is 0 Å². The lowest BCUT2D eigenvalue weighted by Gasteiger charge is -2.31. The topological polar surface area (TPSA) is 20.3 Å². The van der Waals surface area contributed by atoms with Gasteiger partial charge < -0.3 is 9.46 Å². The minimum Gasteiger partial charge on any atom is -0.324 e. The summed E-state index contributed by atoms with van der Waals surface area (Å²) in [5, 5.41) is 0. The molecular formula is C8H18NOP. The zero-order valence-electron chi connectivity index (χ0n) is 7.71. The van der Waals surface area contributed by atoms with Gasteiger partial charge >= 0.3 is 0 Å². The lowest BCUT2D eigenvalue weighted by atomic mass is 10.1. The minimum absolute atomic E-state index is 0.459. The molecule has 0 N–H and O–H groups in total. The summed E-state index contributed by atoms with van der Waals surface area (Å²) in [4.78, 5) is 2.29. The van der Waals surface area contributed by atoms with E-state index in [2.05, 4.69) is 11.9 Å². The highest BCUT2D eigenvalue weighted by Crippen LogP contribution is 2.45. The van der Waals surface area contributed by atoms with Crippen LogP contribution in [0.3, 0.4) is 0 Å². The summed E-state index contributed by atoms with van der Waals surface area (Å²) in [5.74, 6) is 0. The predicted molar refractivity (Wildman–Crippen MR) is 50.0 cm³/mol. The van der Waals surface area contributed by atoms with Gasteiger partial charge in [0.15, 0.2) is 0 Å². The van der Waals surface area contributed by atoms with Crippen molar-refractivity contribution in [3.05, 3.63) is 0 Å². The molecule has 1 atom stereocenters. The fourth-order valence-electron chi connectivity index (χ4n) is 1.65. The molecule has 1 aliphatic heterocycles. The van der Waals surface area contributed by atoms with Gasteiger partial charge in [0, 0.05) is 12.2 Å². The van der Waals surface area contributed by atoms with Crippen LogP contribution in [-0.4, -0.2) is 44.0 Å². The second-order valence-electron chi connectivity index (χ2n) is 3.99. The Labute approximate surface area is 69.3 Å². The standard InChI is InChI=1S/C8H18NOP/c1-9-6-4-5-8(7-9)11(2,3)10/h8H,4-7H2,1-3H3. The van der Waals surface area contributed by atoms with E-state index in [9.17, 15) is 4.57 Å². The molecule has 1 saturated heterocycles. The van der Waals surface area contributed by atoms with Gasteiger partial charge in [0.25, 0.3) is 0 Å². The first-order valence-corrected chi connectivity index (χ1v) is 6.90. The Bertz CT molecular complexity index is 175. The first-order valence-electron chi connectivity index (χ1n) is 4.23. The van der Waals surface area contributed by atoms with Crippen molar-refractivity contribution >= 4 is 7.14 Å². The number of hydrogen-bond donors (Lipinski definition) is 0. The maximum absolute atomic E-state index is 11.7. The van der Waals surface area contributed by atoms with Crippen LogP contribution in [0.2, 0.25) is 0 Å². The van der Waals surface area contributed by atoms with Crippen LogP contribution in [-0.2, 0) is 4.57 Å². The molecule has 0 aromatic rings. The van der Waals surface area contributed by atoms with Gasteiger partial charge in [-0.05, 0) is 39.8 Å². The van der Waals surface area contributed by atoms with Crippen LogP contribution >= 0.6 is 7.14 Å². The summed E-state index contributed by atoms with van der Waals surface area (Å²) in [6.07, 6.45) is 2.38. The van der Waals surface area contributed by atoms with Crippen molar-refractivity contribution in [1.82, 2.24) is 4.90 Å². The maximum atomic E-state index is 11.7. The quantitative estimate of drug-likeness (QED) is 0.565. The molecular weight excluding hydrogens is 157 g/mol. The molecule has 0 saturated carbocycles. The van der Waals surface area contributed by atoms with Gasteiger partial charge in [-0.3, -0.25) is 0 Å². The molecule has 0 radical (unpaired) electrons. The van der Waals surface area contributed by atoms with Gasteiger partial charge in [-0.25, -0.2) is 0 Å². The Balaban J connectivity index is 2.53. The molecule has 1 rings (SSSR count). The predicted octanol–water partition coefficient (Wildman–Crippen LogP) is 1.70. The molecule has 0 aliphatic carbocycles. The first kappa shape index (κ1) is 9.28. The van der Waals surface area contributed by atoms with Gasteiger partial charge in [0.2, 0.25) is 0 Å². The van der Waals surface area contributed by atoms with E-state index in [0.717, 1.165) is 13.0 Å². The van der Waals surface area contributed by atoms with Crippen LogP contribution in [0.25, 0.3) is 0 Å². The van der Waals surface area contributed by atoms with E-state index in [4.69, 9.17) is 0 Å². The molecule has 1 fully saturated rings. The Hall–Kier alpha value is 0.190. The van der Waals surface area contributed by atoms with Crippen molar-refractivity contribution in [2.45, 2.75) is 18.5 Å². The lowest BCUT2D eigenvalue weighted by Crippen LogP contribution is -2.35. The number of nitrogens with zero attached hydrogens (tertiary/aromatic N) is 1. The van der Waals surface area contributed by atoms with Crippen LogP contribution in [0.15, 0.2) is 0 Å². The van der Waals surface area contributed by atoms with Crippen LogP contribution in [0, 0.1) is 0 Å². The van der Waals surface area contributed by atoms with Crippen LogP contribution in [0.4, 0.5) is 0 Å². The fraction of sp³-hybridized carbons (Fsp3) is 1.00. The van der Waals surface area contributed by atoms with E-state index < -0.39 is 7.14 Å². The average molecular weight is 175 g/mol. The molecule has 1 unspecified atom stereocenters. The number of rotatable bonds is 1. The van der Waals surface area contributed by atoms with Crippen molar-refractivity contribution in [2.75, 3.05) is 33.5 Å². The Kier molecular flexibility index (Phi) is 2.77. The van der Waals surface area contributed by atoms with Crippen LogP contribution in [0.5, 0.6) is 0 Å². The SMILES string of the molecule is CN1CCCC(P(C)(C)=O)C1. The van der Waals surface area contributed by atoms with E-state index in [0.29, 0.717) is 5.66 Å². The molecule has 0 aromatic carbocycles. The second kappa shape index (κ2) is 3.28. The smallest absolute Gasteiger partial charge is 0.0860 e. The summed E-state index contributed by atoms with van der Waals surface area (Å²) >= 11 is 0. The number of piperidine rings is 1. The van der Waals surface area contributed by atoms with E-state index in [-0.39, 0.29) is 0 Å². The molecule has 11 heavy (non-hydrogen) atoms. The second-order valence-corrected chi connectivity index (χ2v) is 7.59. The van der Waals surface area contributed by atoms with E-state index in [1.165, 1.54) is 13.0 Å². The molecule has 66 valence electrons. The largest absolute Gasteiger partial charge is 0.324 e. The molecule has 0 amide bonds. The Morgan fingerprint density at radius 2 is 2.09 bits per heavy atom. The third-order valence-corrected chi connectivity index (χ3v) is 4.66. The molecule has 1 aliphatic rings. The molecule has 2 nitrogen and oxygen atoms in total. The first-order chi connectivity index (χ1) is 5.00. The van der Waals surface area contributed by atoms with Gasteiger partial charge in [0.05, 0.1) is 7.14 Å². The van der Waals surface area contributed by atoms with Crippen LogP contribution in [0.1, 0.15) is 12.8 Å². The summed E-state index contributed by atoms with van der Waals surface area (Å²) in [6.45, 7) is 6.04. The third kappa shape index (κ3) is 2.61. The molecule has 0 aromatic heterocycles. The van der Waals surface area contributed by atoms with Gasteiger partial charge in [-0.2, -0.15) is 0 Å². The molecule has 0 spiro atoms. The molecule has 0 bridgehead atoms. The van der Waals surface area contributed by atoms with Crippen molar-refractivity contribution in [2.24, 2.45) is 0 Å².